The van der Waals surface area contributed by atoms with Gasteiger partial charge in [-0.25, -0.2) is 4.79 Å². The van der Waals surface area contributed by atoms with E-state index in [0.717, 1.165) is 5.56 Å². The molecule has 1 heterocycles. The molecule has 0 aliphatic heterocycles. The van der Waals surface area contributed by atoms with Gasteiger partial charge in [-0.3, -0.25) is 9.78 Å². The molecule has 1 amide bonds. The molecule has 0 saturated carbocycles. The second kappa shape index (κ2) is 10.8. The van der Waals surface area contributed by atoms with Gasteiger partial charge in [-0.15, -0.1) is 0 Å². The number of aromatic nitrogens is 1. The van der Waals surface area contributed by atoms with Crippen molar-refractivity contribution >= 4 is 17.6 Å². The van der Waals surface area contributed by atoms with Crippen LogP contribution >= 0.6 is 0 Å². The number of ether oxygens (including phenoxy) is 2. The number of anilines is 1. The third-order valence-electron chi connectivity index (χ3n) is 5.16. The molecule has 33 heavy (non-hydrogen) atoms. The molecule has 3 aromatic rings. The maximum atomic E-state index is 13.2. The van der Waals surface area contributed by atoms with Gasteiger partial charge in [0.1, 0.15) is 5.75 Å². The first-order valence-electron chi connectivity index (χ1n) is 11.0. The molecule has 6 heteroatoms. The Morgan fingerprint density at radius 2 is 1.55 bits per heavy atom. The van der Waals surface area contributed by atoms with Gasteiger partial charge in [0.25, 0.3) is 5.91 Å². The fraction of sp³-hybridized carbons (Fsp3) is 0.296. The Balaban J connectivity index is 1.76. The van der Waals surface area contributed by atoms with Crippen molar-refractivity contribution < 1.29 is 19.1 Å². The molecular formula is C27H30N2O4. The number of rotatable bonds is 8. The highest BCUT2D eigenvalue weighted by atomic mass is 16.5. The van der Waals surface area contributed by atoms with E-state index < -0.39 is 5.97 Å². The van der Waals surface area contributed by atoms with Gasteiger partial charge in [-0.1, -0.05) is 32.9 Å². The average Bonchev–Trinajstić information content (AvgIpc) is 2.81. The molecule has 0 spiro atoms. The summed E-state index contributed by atoms with van der Waals surface area (Å²) in [6.45, 7) is 8.76. The van der Waals surface area contributed by atoms with E-state index in [-0.39, 0.29) is 17.9 Å². The second-order valence-electron chi connectivity index (χ2n) is 8.67. The number of hydrogen-bond donors (Lipinski definition) is 0. The van der Waals surface area contributed by atoms with Gasteiger partial charge in [0.15, 0.2) is 6.61 Å². The lowest BCUT2D eigenvalue weighted by Gasteiger charge is -2.23. The topological polar surface area (TPSA) is 68.7 Å². The average molecular weight is 447 g/mol. The Morgan fingerprint density at radius 1 is 0.909 bits per heavy atom. The van der Waals surface area contributed by atoms with Gasteiger partial charge < -0.3 is 14.4 Å². The van der Waals surface area contributed by atoms with E-state index in [9.17, 15) is 9.59 Å². The van der Waals surface area contributed by atoms with Crippen LogP contribution in [0.3, 0.4) is 0 Å². The van der Waals surface area contributed by atoms with Crippen molar-refractivity contribution in [1.82, 2.24) is 4.98 Å². The van der Waals surface area contributed by atoms with Crippen LogP contribution in [0.2, 0.25) is 0 Å². The lowest BCUT2D eigenvalue weighted by Crippen LogP contribution is -2.34. The van der Waals surface area contributed by atoms with E-state index in [0.29, 0.717) is 30.2 Å². The van der Waals surface area contributed by atoms with E-state index in [2.05, 4.69) is 25.8 Å². The minimum atomic E-state index is -0.391. The molecule has 2 aromatic carbocycles. The molecule has 0 aliphatic carbocycles. The van der Waals surface area contributed by atoms with Crippen LogP contribution in [0.4, 0.5) is 5.69 Å². The maximum absolute atomic E-state index is 13.2. The summed E-state index contributed by atoms with van der Waals surface area (Å²) < 4.78 is 10.8. The number of carbonyl (C=O) groups is 2. The van der Waals surface area contributed by atoms with Crippen LogP contribution in [-0.2, 0) is 21.5 Å². The zero-order chi connectivity index (χ0) is 23.8. The summed E-state index contributed by atoms with van der Waals surface area (Å²) in [5, 5.41) is 0. The fourth-order valence-corrected chi connectivity index (χ4v) is 3.26. The minimum Gasteiger partial charge on any atom is -0.484 e. The van der Waals surface area contributed by atoms with Crippen LogP contribution < -0.4 is 9.64 Å². The van der Waals surface area contributed by atoms with E-state index in [1.54, 1.807) is 48.5 Å². The monoisotopic (exact) mass is 446 g/mol. The standard InChI is InChI=1S/C27H30N2O4/c1-5-32-26(31)21-6-10-23(11-7-21)29(18-20-14-16-28-17-15-20)25(30)19-33-24-12-8-22(9-13-24)27(2,3)4/h6-17H,5,18-19H2,1-4H3. The maximum Gasteiger partial charge on any atom is 0.338 e. The highest BCUT2D eigenvalue weighted by molar-refractivity contribution is 5.95. The molecule has 0 radical (unpaired) electrons. The van der Waals surface area contributed by atoms with Crippen molar-refractivity contribution in [2.45, 2.75) is 39.7 Å². The van der Waals surface area contributed by atoms with E-state index >= 15 is 0 Å². The number of carbonyl (C=O) groups excluding carboxylic acids is 2. The summed E-state index contributed by atoms with van der Waals surface area (Å²) in [6.07, 6.45) is 3.38. The number of amides is 1. The van der Waals surface area contributed by atoms with Gasteiger partial charge in [0, 0.05) is 18.1 Å². The SMILES string of the molecule is CCOC(=O)c1ccc(N(Cc2ccncc2)C(=O)COc2ccc(C(C)(C)C)cc2)cc1. The van der Waals surface area contributed by atoms with Crippen molar-refractivity contribution in [2.75, 3.05) is 18.1 Å². The number of benzene rings is 2. The first-order valence-corrected chi connectivity index (χ1v) is 11.0. The molecule has 3 rings (SSSR count). The lowest BCUT2D eigenvalue weighted by atomic mass is 9.87. The number of pyridine rings is 1. The number of hydrogen-bond acceptors (Lipinski definition) is 5. The first-order chi connectivity index (χ1) is 15.8. The summed E-state index contributed by atoms with van der Waals surface area (Å²) >= 11 is 0. The van der Waals surface area contributed by atoms with Crippen LogP contribution in [0, 0.1) is 0 Å². The molecule has 172 valence electrons. The molecule has 0 fully saturated rings. The molecule has 0 saturated heterocycles. The van der Waals surface area contributed by atoms with Crippen molar-refractivity contribution in [3.63, 3.8) is 0 Å². The van der Waals surface area contributed by atoms with Crippen LogP contribution in [0.15, 0.2) is 73.1 Å². The number of nitrogens with zero attached hydrogens (tertiary/aromatic N) is 2. The summed E-state index contributed by atoms with van der Waals surface area (Å²) in [4.78, 5) is 30.8. The predicted octanol–water partition coefficient (Wildman–Crippen LogP) is 5.17. The van der Waals surface area contributed by atoms with E-state index in [1.807, 2.05) is 36.4 Å². The Labute approximate surface area is 195 Å². The van der Waals surface area contributed by atoms with Crippen LogP contribution in [0.25, 0.3) is 0 Å². The van der Waals surface area contributed by atoms with Crippen molar-refractivity contribution in [1.29, 1.82) is 0 Å². The summed E-state index contributed by atoms with van der Waals surface area (Å²) in [5.41, 5.74) is 3.28. The smallest absolute Gasteiger partial charge is 0.338 e. The fourth-order valence-electron chi connectivity index (χ4n) is 3.26. The Kier molecular flexibility index (Phi) is 7.83. The molecule has 0 bridgehead atoms. The first kappa shape index (κ1) is 24.0. The summed E-state index contributed by atoms with van der Waals surface area (Å²) in [6, 6.07) is 18.3. The van der Waals surface area contributed by atoms with Gasteiger partial charge in [0.05, 0.1) is 18.7 Å². The molecule has 1 aromatic heterocycles. The summed E-state index contributed by atoms with van der Waals surface area (Å²) in [5.74, 6) is 0.0477. The molecule has 0 unspecified atom stereocenters. The molecule has 0 atom stereocenters. The van der Waals surface area contributed by atoms with Crippen LogP contribution in [0.5, 0.6) is 5.75 Å². The Hall–Kier alpha value is -3.67. The molecule has 0 N–H and O–H groups in total. The Morgan fingerprint density at radius 3 is 2.12 bits per heavy atom. The van der Waals surface area contributed by atoms with Crippen molar-refractivity contribution in [3.8, 4) is 5.75 Å². The normalized spacial score (nSPS) is 11.0. The molecular weight excluding hydrogens is 416 g/mol. The molecule has 0 aliphatic rings. The minimum absolute atomic E-state index is 0.0470. The highest BCUT2D eigenvalue weighted by Crippen LogP contribution is 2.25. The highest BCUT2D eigenvalue weighted by Gasteiger charge is 2.19. The molecule has 6 nitrogen and oxygen atoms in total. The zero-order valence-electron chi connectivity index (χ0n) is 19.6. The third kappa shape index (κ3) is 6.65. The largest absolute Gasteiger partial charge is 0.484 e. The number of esters is 1. The predicted molar refractivity (Wildman–Crippen MR) is 128 cm³/mol. The quantitative estimate of drug-likeness (QED) is 0.447. The van der Waals surface area contributed by atoms with Gasteiger partial charge in [0.2, 0.25) is 0 Å². The van der Waals surface area contributed by atoms with E-state index in [4.69, 9.17) is 9.47 Å². The van der Waals surface area contributed by atoms with E-state index in [1.165, 1.54) is 5.56 Å². The van der Waals surface area contributed by atoms with Crippen molar-refractivity contribution in [2.24, 2.45) is 0 Å². The van der Waals surface area contributed by atoms with Gasteiger partial charge >= 0.3 is 5.97 Å². The van der Waals surface area contributed by atoms with Crippen molar-refractivity contribution in [3.05, 3.63) is 89.7 Å². The zero-order valence-corrected chi connectivity index (χ0v) is 19.6. The van der Waals surface area contributed by atoms with Crippen LogP contribution in [0.1, 0.15) is 49.2 Å². The van der Waals surface area contributed by atoms with Gasteiger partial charge in [-0.2, -0.15) is 0 Å². The van der Waals surface area contributed by atoms with Crippen LogP contribution in [-0.4, -0.2) is 30.1 Å². The Bertz CT molecular complexity index is 1060. The summed E-state index contributed by atoms with van der Waals surface area (Å²) in [7, 11) is 0. The third-order valence-corrected chi connectivity index (χ3v) is 5.16. The second-order valence-corrected chi connectivity index (χ2v) is 8.67. The van der Waals surface area contributed by atoms with Gasteiger partial charge in [-0.05, 0) is 72.0 Å². The lowest BCUT2D eigenvalue weighted by molar-refractivity contribution is -0.120.